The molecule has 3 N–H and O–H groups in total. The van der Waals surface area contributed by atoms with E-state index in [2.05, 4.69) is 30.7 Å². The van der Waals surface area contributed by atoms with Crippen LogP contribution in [0.4, 0.5) is 10.5 Å². The fourth-order valence-corrected chi connectivity index (χ4v) is 4.86. The molecular weight excluding hydrogens is 430 g/mol. The van der Waals surface area contributed by atoms with Gasteiger partial charge in [0.25, 0.3) is 5.91 Å². The Hall–Kier alpha value is -3.46. The number of aromatic amines is 1. The van der Waals surface area contributed by atoms with Gasteiger partial charge in [0.05, 0.1) is 6.20 Å². The van der Waals surface area contributed by atoms with Crippen LogP contribution in [0.1, 0.15) is 47.2 Å². The summed E-state index contributed by atoms with van der Waals surface area (Å²) in [6, 6.07) is 6.92. The third-order valence-corrected chi connectivity index (χ3v) is 6.72. The molecule has 9 nitrogen and oxygen atoms in total. The number of urea groups is 1. The summed E-state index contributed by atoms with van der Waals surface area (Å²) in [6.45, 7) is 5.12. The number of piperidine rings is 1. The standard InChI is InChI=1S/C25H31N7O2/c33-24(26-9-5-12-31-10-2-1-3-11-31)18-6-4-7-20(14-18)29-25(34)32-13-8-21-19(17-32)15-27-23-22(21)16-28-30-23/h4,6-7,14-16H,1-3,5,8-13,17H2,(H,26,33)(H,29,34)(H,27,28,30). The van der Waals surface area contributed by atoms with Crippen LogP contribution in [0.2, 0.25) is 0 Å². The first-order valence-electron chi connectivity index (χ1n) is 12.1. The van der Waals surface area contributed by atoms with E-state index in [1.54, 1.807) is 35.4 Å². The summed E-state index contributed by atoms with van der Waals surface area (Å²) < 4.78 is 0. The number of carbonyl (C=O) groups excluding carboxylic acids is 2. The molecule has 3 amide bonds. The molecule has 2 aliphatic rings. The second-order valence-electron chi connectivity index (χ2n) is 9.09. The van der Waals surface area contributed by atoms with E-state index in [-0.39, 0.29) is 11.9 Å². The van der Waals surface area contributed by atoms with Crippen LogP contribution in [-0.4, -0.2) is 69.6 Å². The van der Waals surface area contributed by atoms with Crippen molar-refractivity contribution >= 4 is 28.7 Å². The van der Waals surface area contributed by atoms with Crippen LogP contribution in [0.5, 0.6) is 0 Å². The van der Waals surface area contributed by atoms with Crippen LogP contribution in [-0.2, 0) is 13.0 Å². The normalized spacial score (nSPS) is 16.3. The van der Waals surface area contributed by atoms with Crippen molar-refractivity contribution in [2.75, 3.05) is 38.0 Å². The number of amides is 3. The van der Waals surface area contributed by atoms with Crippen molar-refractivity contribution in [1.29, 1.82) is 0 Å². The Bertz CT molecular complexity index is 1170. The number of anilines is 1. The number of hydrogen-bond acceptors (Lipinski definition) is 5. The first-order chi connectivity index (χ1) is 16.7. The minimum Gasteiger partial charge on any atom is -0.352 e. The third kappa shape index (κ3) is 5.04. The predicted octanol–water partition coefficient (Wildman–Crippen LogP) is 3.15. The molecule has 0 unspecified atom stereocenters. The van der Waals surface area contributed by atoms with Crippen LogP contribution in [0.25, 0.3) is 11.0 Å². The summed E-state index contributed by atoms with van der Waals surface area (Å²) in [5, 5.41) is 13.9. The molecule has 0 aliphatic carbocycles. The maximum absolute atomic E-state index is 12.9. The van der Waals surface area contributed by atoms with Gasteiger partial charge in [0.2, 0.25) is 0 Å². The molecule has 0 spiro atoms. The van der Waals surface area contributed by atoms with E-state index in [9.17, 15) is 9.59 Å². The highest BCUT2D eigenvalue weighted by Crippen LogP contribution is 2.25. The van der Waals surface area contributed by atoms with E-state index >= 15 is 0 Å². The molecule has 4 heterocycles. The molecule has 178 valence electrons. The highest BCUT2D eigenvalue weighted by molar-refractivity contribution is 5.97. The average molecular weight is 462 g/mol. The summed E-state index contributed by atoms with van der Waals surface area (Å²) in [5.74, 6) is -0.114. The molecule has 0 saturated carbocycles. The zero-order valence-electron chi connectivity index (χ0n) is 19.3. The van der Waals surface area contributed by atoms with Gasteiger partial charge in [-0.1, -0.05) is 12.5 Å². The number of rotatable bonds is 6. The third-order valence-electron chi connectivity index (χ3n) is 6.72. The maximum atomic E-state index is 12.9. The Labute approximate surface area is 198 Å². The van der Waals surface area contributed by atoms with Crippen molar-refractivity contribution in [3.63, 3.8) is 0 Å². The second-order valence-corrected chi connectivity index (χ2v) is 9.09. The number of nitrogens with one attached hydrogen (secondary N) is 3. The van der Waals surface area contributed by atoms with Crippen molar-refractivity contribution < 1.29 is 9.59 Å². The number of benzene rings is 1. The Morgan fingerprint density at radius 2 is 1.97 bits per heavy atom. The lowest BCUT2D eigenvalue weighted by Gasteiger charge is -2.29. The van der Waals surface area contributed by atoms with E-state index in [1.165, 1.54) is 37.9 Å². The Morgan fingerprint density at radius 3 is 2.85 bits per heavy atom. The minimum absolute atomic E-state index is 0.114. The van der Waals surface area contributed by atoms with Gasteiger partial charge >= 0.3 is 6.03 Å². The fourth-order valence-electron chi connectivity index (χ4n) is 4.86. The number of hydrogen-bond donors (Lipinski definition) is 3. The van der Waals surface area contributed by atoms with E-state index < -0.39 is 0 Å². The molecule has 0 bridgehead atoms. The molecule has 2 aromatic heterocycles. The molecule has 0 atom stereocenters. The monoisotopic (exact) mass is 461 g/mol. The molecule has 1 aromatic carbocycles. The number of carbonyl (C=O) groups is 2. The number of H-pyrrole nitrogens is 1. The SMILES string of the molecule is O=C(NCCCN1CCCCC1)c1cccc(NC(=O)N2CCc3c(cnc4[nH]ncc34)C2)c1. The first kappa shape index (κ1) is 22.3. The predicted molar refractivity (Wildman–Crippen MR) is 131 cm³/mol. The van der Waals surface area contributed by atoms with Gasteiger partial charge in [0.15, 0.2) is 5.65 Å². The Balaban J connectivity index is 1.13. The van der Waals surface area contributed by atoms with E-state index in [4.69, 9.17) is 0 Å². The number of pyridine rings is 1. The molecule has 3 aromatic rings. The molecule has 0 radical (unpaired) electrons. The van der Waals surface area contributed by atoms with Crippen LogP contribution in [0.15, 0.2) is 36.7 Å². The molecular formula is C25H31N7O2. The van der Waals surface area contributed by atoms with Gasteiger partial charge in [-0.3, -0.25) is 9.89 Å². The molecule has 9 heteroatoms. The summed E-state index contributed by atoms with van der Waals surface area (Å²) in [7, 11) is 0. The minimum atomic E-state index is -0.183. The van der Waals surface area contributed by atoms with Gasteiger partial charge in [0.1, 0.15) is 0 Å². The highest BCUT2D eigenvalue weighted by Gasteiger charge is 2.23. The lowest BCUT2D eigenvalue weighted by atomic mass is 9.99. The number of nitrogens with zero attached hydrogens (tertiary/aromatic N) is 4. The van der Waals surface area contributed by atoms with Crippen LogP contribution >= 0.6 is 0 Å². The maximum Gasteiger partial charge on any atom is 0.322 e. The van der Waals surface area contributed by atoms with Crippen molar-refractivity contribution in [2.45, 2.75) is 38.6 Å². The van der Waals surface area contributed by atoms with Crippen LogP contribution < -0.4 is 10.6 Å². The lowest BCUT2D eigenvalue weighted by Crippen LogP contribution is -2.39. The summed E-state index contributed by atoms with van der Waals surface area (Å²) in [4.78, 5) is 34.1. The summed E-state index contributed by atoms with van der Waals surface area (Å²) >= 11 is 0. The Kier molecular flexibility index (Phi) is 6.71. The second kappa shape index (κ2) is 10.2. The molecule has 1 fully saturated rings. The van der Waals surface area contributed by atoms with E-state index in [0.717, 1.165) is 36.0 Å². The smallest absolute Gasteiger partial charge is 0.322 e. The van der Waals surface area contributed by atoms with Gasteiger partial charge in [0, 0.05) is 42.5 Å². The molecule has 1 saturated heterocycles. The molecule has 2 aliphatic heterocycles. The van der Waals surface area contributed by atoms with Crippen LogP contribution in [0, 0.1) is 0 Å². The van der Waals surface area contributed by atoms with E-state index in [1.807, 2.05) is 6.20 Å². The summed E-state index contributed by atoms with van der Waals surface area (Å²) in [6.07, 6.45) is 9.18. The van der Waals surface area contributed by atoms with Crippen molar-refractivity contribution in [2.24, 2.45) is 0 Å². The van der Waals surface area contributed by atoms with E-state index in [0.29, 0.717) is 30.9 Å². The quantitative estimate of drug-likeness (QED) is 0.489. The lowest BCUT2D eigenvalue weighted by molar-refractivity contribution is 0.0951. The van der Waals surface area contributed by atoms with Crippen molar-refractivity contribution in [3.8, 4) is 0 Å². The van der Waals surface area contributed by atoms with Gasteiger partial charge in [-0.2, -0.15) is 5.10 Å². The summed E-state index contributed by atoms with van der Waals surface area (Å²) in [5.41, 5.74) is 4.17. The largest absolute Gasteiger partial charge is 0.352 e. The Morgan fingerprint density at radius 1 is 1.09 bits per heavy atom. The van der Waals surface area contributed by atoms with Crippen molar-refractivity contribution in [3.05, 3.63) is 53.3 Å². The highest BCUT2D eigenvalue weighted by atomic mass is 16.2. The van der Waals surface area contributed by atoms with Crippen molar-refractivity contribution in [1.82, 2.24) is 30.3 Å². The number of aromatic nitrogens is 3. The first-order valence-corrected chi connectivity index (χ1v) is 12.1. The zero-order chi connectivity index (χ0) is 23.3. The topological polar surface area (TPSA) is 106 Å². The van der Waals surface area contributed by atoms with Gasteiger partial charge in [-0.25, -0.2) is 9.78 Å². The fraction of sp³-hybridized carbons (Fsp3) is 0.440. The number of fused-ring (bicyclic) bond motifs is 3. The number of likely N-dealkylation sites (tertiary alicyclic amines) is 1. The van der Waals surface area contributed by atoms with Gasteiger partial charge < -0.3 is 20.4 Å². The van der Waals surface area contributed by atoms with Crippen LogP contribution in [0.3, 0.4) is 0 Å². The zero-order valence-corrected chi connectivity index (χ0v) is 19.3. The average Bonchev–Trinajstić information content (AvgIpc) is 3.36. The molecule has 34 heavy (non-hydrogen) atoms. The van der Waals surface area contributed by atoms with Gasteiger partial charge in [-0.15, -0.1) is 0 Å². The van der Waals surface area contributed by atoms with Gasteiger partial charge in [-0.05, 0) is 74.6 Å². The molecule has 5 rings (SSSR count).